The summed E-state index contributed by atoms with van der Waals surface area (Å²) in [4.78, 5) is 44.8. The molecular formula is C29H31F2N5O3. The van der Waals surface area contributed by atoms with Crippen molar-refractivity contribution in [1.82, 2.24) is 20.2 Å². The van der Waals surface area contributed by atoms with Gasteiger partial charge in [-0.15, -0.1) is 6.58 Å². The molecule has 2 N–H and O–H groups in total. The number of anilines is 1. The maximum Gasteiger partial charge on any atom is 0.256 e. The van der Waals surface area contributed by atoms with Gasteiger partial charge in [0, 0.05) is 31.9 Å². The molecule has 0 spiro atoms. The van der Waals surface area contributed by atoms with E-state index in [2.05, 4.69) is 22.2 Å². The molecule has 0 bridgehead atoms. The number of hydrogen-bond acceptors (Lipinski definition) is 5. The summed E-state index contributed by atoms with van der Waals surface area (Å²) in [6, 6.07) is 6.20. The van der Waals surface area contributed by atoms with E-state index in [-0.39, 0.29) is 34.7 Å². The van der Waals surface area contributed by atoms with Crippen LogP contribution in [0.5, 0.6) is 0 Å². The van der Waals surface area contributed by atoms with E-state index >= 15 is 0 Å². The second-order valence-electron chi connectivity index (χ2n) is 10.3. The summed E-state index contributed by atoms with van der Waals surface area (Å²) < 4.78 is 29.9. The molecule has 2 aliphatic rings. The Morgan fingerprint density at radius 1 is 1.18 bits per heavy atom. The van der Waals surface area contributed by atoms with E-state index in [0.29, 0.717) is 37.3 Å². The minimum absolute atomic E-state index is 0.0595. The van der Waals surface area contributed by atoms with E-state index in [4.69, 9.17) is 0 Å². The topological polar surface area (TPSA) is 96.3 Å². The molecule has 3 aromatic rings. The van der Waals surface area contributed by atoms with Crippen molar-refractivity contribution in [3.8, 4) is 5.69 Å². The molecule has 2 amide bonds. The van der Waals surface area contributed by atoms with Gasteiger partial charge in [0.2, 0.25) is 11.3 Å². The Labute approximate surface area is 224 Å². The smallest absolute Gasteiger partial charge is 0.256 e. The molecule has 2 fully saturated rings. The number of amides is 2. The Morgan fingerprint density at radius 2 is 2.00 bits per heavy atom. The molecule has 1 saturated heterocycles. The zero-order valence-corrected chi connectivity index (χ0v) is 21.6. The molecule has 2 unspecified atom stereocenters. The van der Waals surface area contributed by atoms with Gasteiger partial charge in [-0.2, -0.15) is 0 Å². The molecule has 10 heteroatoms. The lowest BCUT2D eigenvalue weighted by Crippen LogP contribution is -2.48. The number of hydrogen-bond donors (Lipinski definition) is 2. The average molecular weight is 536 g/mol. The first kappa shape index (κ1) is 26.5. The molecule has 39 heavy (non-hydrogen) atoms. The second kappa shape index (κ2) is 11.3. The second-order valence-corrected chi connectivity index (χ2v) is 10.3. The van der Waals surface area contributed by atoms with E-state index in [1.54, 1.807) is 11.0 Å². The molecule has 3 heterocycles. The third-order valence-corrected chi connectivity index (χ3v) is 7.60. The number of allylic oxidation sites excluding steroid dienone is 1. The number of fused-ring (bicyclic) bond motifs is 1. The van der Waals surface area contributed by atoms with Gasteiger partial charge < -0.3 is 15.5 Å². The van der Waals surface area contributed by atoms with Crippen LogP contribution < -0.4 is 21.0 Å². The van der Waals surface area contributed by atoms with Crippen molar-refractivity contribution in [3.05, 3.63) is 76.6 Å². The number of aromatic nitrogens is 2. The minimum Gasteiger partial charge on any atom is -0.353 e. The number of nitrogens with one attached hydrogen (secondary N) is 2. The Hall–Kier alpha value is -4.08. The molecule has 1 aromatic carbocycles. The van der Waals surface area contributed by atoms with Crippen LogP contribution in [0.4, 0.5) is 14.6 Å². The van der Waals surface area contributed by atoms with Gasteiger partial charge in [0.15, 0.2) is 5.65 Å². The number of nitrogens with zero attached hydrogens (tertiary/aromatic N) is 3. The van der Waals surface area contributed by atoms with Gasteiger partial charge in [-0.1, -0.05) is 12.5 Å². The minimum atomic E-state index is -0.869. The van der Waals surface area contributed by atoms with Crippen molar-refractivity contribution >= 4 is 28.7 Å². The summed E-state index contributed by atoms with van der Waals surface area (Å²) in [6.45, 7) is 5.27. The van der Waals surface area contributed by atoms with Crippen LogP contribution >= 0.6 is 0 Å². The highest BCUT2D eigenvalue weighted by Crippen LogP contribution is 2.35. The highest BCUT2D eigenvalue weighted by molar-refractivity contribution is 5.97. The quantitative estimate of drug-likeness (QED) is 0.429. The molecule has 204 valence electrons. The van der Waals surface area contributed by atoms with Gasteiger partial charge in [0.1, 0.15) is 23.0 Å². The third-order valence-electron chi connectivity index (χ3n) is 7.60. The van der Waals surface area contributed by atoms with E-state index in [0.717, 1.165) is 44.2 Å². The first-order valence-electron chi connectivity index (χ1n) is 13.3. The zero-order chi connectivity index (χ0) is 27.5. The molecule has 5 rings (SSSR count). The first-order valence-corrected chi connectivity index (χ1v) is 13.3. The third kappa shape index (κ3) is 5.69. The van der Waals surface area contributed by atoms with Crippen LogP contribution in [0.1, 0.15) is 42.5 Å². The lowest BCUT2D eigenvalue weighted by atomic mass is 9.99. The van der Waals surface area contributed by atoms with Gasteiger partial charge in [0.05, 0.1) is 17.6 Å². The fraction of sp³-hybridized carbons (Fsp3) is 0.379. The van der Waals surface area contributed by atoms with Crippen LogP contribution in [0.15, 0.2) is 54.0 Å². The van der Waals surface area contributed by atoms with Crippen LogP contribution in [-0.2, 0) is 4.79 Å². The highest BCUT2D eigenvalue weighted by Gasteiger charge is 2.25. The van der Waals surface area contributed by atoms with Crippen molar-refractivity contribution in [1.29, 1.82) is 0 Å². The number of piperazine rings is 1. The van der Waals surface area contributed by atoms with Gasteiger partial charge in [-0.25, -0.2) is 13.8 Å². The predicted molar refractivity (Wildman–Crippen MR) is 145 cm³/mol. The summed E-state index contributed by atoms with van der Waals surface area (Å²) in [5.41, 5.74) is -0.654. The maximum absolute atomic E-state index is 14.9. The summed E-state index contributed by atoms with van der Waals surface area (Å²) in [5, 5.41) is 5.70. The lowest BCUT2D eigenvalue weighted by Gasteiger charge is -2.28. The summed E-state index contributed by atoms with van der Waals surface area (Å²) in [6.07, 6.45) is 8.37. The number of pyridine rings is 2. The van der Waals surface area contributed by atoms with Crippen molar-refractivity contribution in [2.75, 3.05) is 31.1 Å². The number of carbonyl (C=O) groups is 2. The Balaban J connectivity index is 1.47. The molecular weight excluding hydrogens is 504 g/mol. The van der Waals surface area contributed by atoms with Crippen LogP contribution in [0.2, 0.25) is 0 Å². The number of carbonyl (C=O) groups excluding carboxylic acids is 2. The van der Waals surface area contributed by atoms with Gasteiger partial charge >= 0.3 is 0 Å². The number of benzene rings is 1. The Kier molecular flexibility index (Phi) is 7.72. The first-order chi connectivity index (χ1) is 18.8. The van der Waals surface area contributed by atoms with Gasteiger partial charge in [-0.3, -0.25) is 19.0 Å². The molecule has 2 aromatic heterocycles. The van der Waals surface area contributed by atoms with Crippen molar-refractivity contribution in [3.63, 3.8) is 0 Å². The largest absolute Gasteiger partial charge is 0.353 e. The highest BCUT2D eigenvalue weighted by atomic mass is 19.1. The van der Waals surface area contributed by atoms with Crippen LogP contribution in [0.25, 0.3) is 16.7 Å². The van der Waals surface area contributed by atoms with E-state index in [1.807, 2.05) is 6.08 Å². The molecule has 1 aliphatic heterocycles. The lowest BCUT2D eigenvalue weighted by molar-refractivity contribution is -0.120. The van der Waals surface area contributed by atoms with Gasteiger partial charge in [0.25, 0.3) is 5.91 Å². The summed E-state index contributed by atoms with van der Waals surface area (Å²) in [7, 11) is 0. The number of halogens is 2. The predicted octanol–water partition coefficient (Wildman–Crippen LogP) is 3.71. The van der Waals surface area contributed by atoms with Crippen molar-refractivity contribution < 1.29 is 18.4 Å². The molecule has 8 nitrogen and oxygen atoms in total. The van der Waals surface area contributed by atoms with Gasteiger partial charge in [-0.05, 0) is 61.8 Å². The molecule has 2 atom stereocenters. The maximum atomic E-state index is 14.9. The normalized spacial score (nSPS) is 19.2. The summed E-state index contributed by atoms with van der Waals surface area (Å²) >= 11 is 0. The van der Waals surface area contributed by atoms with E-state index < -0.39 is 23.0 Å². The average Bonchev–Trinajstić information content (AvgIpc) is 3.36. The zero-order valence-electron chi connectivity index (χ0n) is 21.6. The fourth-order valence-corrected chi connectivity index (χ4v) is 5.60. The summed E-state index contributed by atoms with van der Waals surface area (Å²) in [5.74, 6) is -0.770. The monoisotopic (exact) mass is 535 g/mol. The van der Waals surface area contributed by atoms with E-state index in [1.165, 1.54) is 22.9 Å². The molecule has 0 radical (unpaired) electrons. The van der Waals surface area contributed by atoms with Crippen LogP contribution in [-0.4, -0.2) is 47.5 Å². The van der Waals surface area contributed by atoms with Crippen LogP contribution in [0, 0.1) is 23.5 Å². The standard InChI is InChI=1S/C29H31F2N5O3/c1-2-3-18-4-5-19(14-18)10-11-33-29(39)22-16-36(24-8-6-20(30)15-23(24)31)28-21(27(22)38)7-9-25(34-28)35-13-12-32-26(37)17-35/h2,6-9,15-16,18-19H,1,3-5,10-14,17H2,(H,32,37)(H,33,39). The fourth-order valence-electron chi connectivity index (χ4n) is 5.60. The van der Waals surface area contributed by atoms with E-state index in [9.17, 15) is 23.2 Å². The number of rotatable bonds is 8. The van der Waals surface area contributed by atoms with Crippen molar-refractivity contribution in [2.45, 2.75) is 32.1 Å². The molecule has 1 saturated carbocycles. The van der Waals surface area contributed by atoms with Crippen LogP contribution in [0.3, 0.4) is 0 Å². The molecule has 1 aliphatic carbocycles. The Bertz CT molecular complexity index is 1490. The SMILES string of the molecule is C=CCC1CCC(CCNC(=O)c2cn(-c3ccc(F)cc3F)c3nc(N4CCNC(=O)C4)ccc3c2=O)C1. The van der Waals surface area contributed by atoms with Crippen molar-refractivity contribution in [2.24, 2.45) is 11.8 Å². The Morgan fingerprint density at radius 3 is 2.77 bits per heavy atom.